The van der Waals surface area contributed by atoms with Crippen LogP contribution in [0.25, 0.3) is 0 Å². The summed E-state index contributed by atoms with van der Waals surface area (Å²) in [5.41, 5.74) is 2.58. The molecule has 1 saturated heterocycles. The molecule has 0 aromatic heterocycles. The van der Waals surface area contributed by atoms with Gasteiger partial charge < -0.3 is 10.2 Å². The van der Waals surface area contributed by atoms with Crippen LogP contribution >= 0.6 is 0 Å². The van der Waals surface area contributed by atoms with Gasteiger partial charge in [-0.25, -0.2) is 4.39 Å². The van der Waals surface area contributed by atoms with Crippen molar-refractivity contribution in [2.24, 2.45) is 17.8 Å². The highest BCUT2D eigenvalue weighted by Crippen LogP contribution is 2.47. The molecule has 1 aromatic carbocycles. The van der Waals surface area contributed by atoms with Crippen molar-refractivity contribution < 1.29 is 5.82 Å². The number of nitrogens with one attached hydrogen (secondary N) is 1. The van der Waals surface area contributed by atoms with Gasteiger partial charge in [0.15, 0.2) is 0 Å². The molecule has 132 valence electrons. The van der Waals surface area contributed by atoms with Crippen LogP contribution in [0.3, 0.4) is 0 Å². The van der Waals surface area contributed by atoms with E-state index < -0.39 is 0 Å². The first kappa shape index (κ1) is 15.2. The summed E-state index contributed by atoms with van der Waals surface area (Å²) in [5.74, 6) is 2.94. The average molecular weight is 330 g/mol. The van der Waals surface area contributed by atoms with Gasteiger partial charge >= 0.3 is 0 Å². The number of likely N-dealkylation sites (tertiary alicyclic amines) is 1. The molecule has 3 atom stereocenters. The minimum atomic E-state index is -0.0859. The van der Waals surface area contributed by atoms with Crippen LogP contribution in [0.5, 0.6) is 0 Å². The molecule has 0 amide bonds. The summed E-state index contributed by atoms with van der Waals surface area (Å²) in [6.07, 6.45) is 9.80. The third-order valence-electron chi connectivity index (χ3n) is 7.67. The summed E-state index contributed by atoms with van der Waals surface area (Å²) in [4.78, 5) is 2.71. The molecular weight excluding hydrogens is 299 g/mol. The Morgan fingerprint density at radius 2 is 2.00 bits per heavy atom. The molecule has 3 heteroatoms. The van der Waals surface area contributed by atoms with Gasteiger partial charge in [0.05, 0.1) is 0 Å². The number of piperidine rings is 1. The molecule has 0 radical (unpaired) electrons. The summed E-state index contributed by atoms with van der Waals surface area (Å²) >= 11 is 0. The zero-order valence-electron chi connectivity index (χ0n) is 14.6. The first-order valence-corrected chi connectivity index (χ1v) is 9.98. The summed E-state index contributed by atoms with van der Waals surface area (Å²) in [6, 6.07) is 5.28. The van der Waals surface area contributed by atoms with Crippen LogP contribution in [0.4, 0.5) is 10.1 Å². The SMILES string of the molecule is Fc1ccc2c(c1)C1(CCN(CC3CCC4CCC3C4)CC1)CN2.[HH]. The van der Waals surface area contributed by atoms with E-state index in [2.05, 4.69) is 10.2 Å². The summed E-state index contributed by atoms with van der Waals surface area (Å²) in [5, 5.41) is 3.52. The summed E-state index contributed by atoms with van der Waals surface area (Å²) < 4.78 is 13.7. The Hall–Kier alpha value is -1.09. The molecule has 24 heavy (non-hydrogen) atoms. The predicted molar refractivity (Wildman–Crippen MR) is 97.9 cm³/mol. The number of benzene rings is 1. The Morgan fingerprint density at radius 3 is 2.88 bits per heavy atom. The number of hydrogen-bond donors (Lipinski definition) is 1. The monoisotopic (exact) mass is 330 g/mol. The molecule has 2 bridgehead atoms. The minimum absolute atomic E-state index is 0. The van der Waals surface area contributed by atoms with Crippen molar-refractivity contribution in [2.75, 3.05) is 31.5 Å². The van der Waals surface area contributed by atoms with Crippen LogP contribution in [-0.4, -0.2) is 31.1 Å². The second-order valence-electron chi connectivity index (χ2n) is 8.90. The van der Waals surface area contributed by atoms with E-state index in [1.54, 1.807) is 12.1 Å². The van der Waals surface area contributed by atoms with Gasteiger partial charge in [-0.05, 0) is 86.7 Å². The largest absolute Gasteiger partial charge is 0.384 e. The van der Waals surface area contributed by atoms with Gasteiger partial charge in [-0.3, -0.25) is 0 Å². The molecule has 1 N–H and O–H groups in total. The van der Waals surface area contributed by atoms with Gasteiger partial charge in [-0.1, -0.05) is 12.8 Å². The van der Waals surface area contributed by atoms with E-state index >= 15 is 0 Å². The maximum absolute atomic E-state index is 13.7. The fourth-order valence-corrected chi connectivity index (χ4v) is 6.14. The number of nitrogens with zero attached hydrogens (tertiary/aromatic N) is 1. The number of rotatable bonds is 2. The van der Waals surface area contributed by atoms with Crippen LogP contribution < -0.4 is 5.32 Å². The molecule has 2 heterocycles. The third-order valence-corrected chi connectivity index (χ3v) is 7.67. The predicted octanol–water partition coefficient (Wildman–Crippen LogP) is 4.66. The van der Waals surface area contributed by atoms with Crippen molar-refractivity contribution in [3.8, 4) is 0 Å². The zero-order chi connectivity index (χ0) is 16.1. The number of halogens is 1. The Balaban J connectivity index is 0.00000157. The van der Waals surface area contributed by atoms with Crippen molar-refractivity contribution in [3.63, 3.8) is 0 Å². The van der Waals surface area contributed by atoms with E-state index in [0.29, 0.717) is 0 Å². The fraction of sp³-hybridized carbons (Fsp3) is 0.714. The van der Waals surface area contributed by atoms with Crippen LogP contribution in [0, 0.1) is 23.6 Å². The number of anilines is 1. The molecule has 1 spiro atoms. The number of hydrogen-bond acceptors (Lipinski definition) is 2. The van der Waals surface area contributed by atoms with Gasteiger partial charge in [0, 0.05) is 25.6 Å². The van der Waals surface area contributed by atoms with Crippen molar-refractivity contribution in [1.82, 2.24) is 4.90 Å². The molecule has 3 unspecified atom stereocenters. The van der Waals surface area contributed by atoms with E-state index in [0.717, 1.165) is 30.0 Å². The normalized spacial score (nSPS) is 34.3. The van der Waals surface area contributed by atoms with E-state index in [9.17, 15) is 4.39 Å². The highest BCUT2D eigenvalue weighted by atomic mass is 19.1. The maximum atomic E-state index is 13.7. The van der Waals surface area contributed by atoms with E-state index in [-0.39, 0.29) is 12.7 Å². The lowest BCUT2D eigenvalue weighted by atomic mass is 9.73. The van der Waals surface area contributed by atoms with Gasteiger partial charge in [0.2, 0.25) is 0 Å². The van der Waals surface area contributed by atoms with Crippen molar-refractivity contribution >= 4 is 5.69 Å². The van der Waals surface area contributed by atoms with Crippen molar-refractivity contribution in [2.45, 2.75) is 50.4 Å². The second kappa shape index (κ2) is 5.72. The van der Waals surface area contributed by atoms with Crippen LogP contribution in [0.1, 0.15) is 51.9 Å². The molecule has 3 fully saturated rings. The molecule has 2 nitrogen and oxygen atoms in total. The first-order valence-electron chi connectivity index (χ1n) is 9.98. The molecular formula is C21H31FN2. The molecule has 2 saturated carbocycles. The molecule has 1 aromatic rings. The minimum Gasteiger partial charge on any atom is -0.384 e. The fourth-order valence-electron chi connectivity index (χ4n) is 6.14. The molecule has 5 rings (SSSR count). The smallest absolute Gasteiger partial charge is 0.123 e. The first-order chi connectivity index (χ1) is 11.7. The van der Waals surface area contributed by atoms with Crippen molar-refractivity contribution in [1.29, 1.82) is 0 Å². The lowest BCUT2D eigenvalue weighted by Gasteiger charge is -2.42. The Labute approximate surface area is 146 Å². The highest BCUT2D eigenvalue weighted by molar-refractivity contribution is 5.60. The number of fused-ring (bicyclic) bond motifs is 4. The Kier molecular flexibility index (Phi) is 3.62. The average Bonchev–Trinajstić information content (AvgIpc) is 3.15. The van der Waals surface area contributed by atoms with E-state index in [1.165, 1.54) is 70.1 Å². The van der Waals surface area contributed by atoms with E-state index in [4.69, 9.17) is 0 Å². The maximum Gasteiger partial charge on any atom is 0.123 e. The molecule has 2 aliphatic carbocycles. The van der Waals surface area contributed by atoms with Crippen LogP contribution in [0.2, 0.25) is 0 Å². The zero-order valence-corrected chi connectivity index (χ0v) is 14.6. The molecule has 2 aliphatic heterocycles. The Morgan fingerprint density at radius 1 is 1.17 bits per heavy atom. The summed E-state index contributed by atoms with van der Waals surface area (Å²) in [6.45, 7) is 4.68. The third kappa shape index (κ3) is 2.47. The van der Waals surface area contributed by atoms with Gasteiger partial charge in [0.25, 0.3) is 0 Å². The van der Waals surface area contributed by atoms with Gasteiger partial charge in [0.1, 0.15) is 5.82 Å². The lowest BCUT2D eigenvalue weighted by molar-refractivity contribution is 0.113. The standard InChI is InChI=1S/C21H29FN2.H2/c22-18-5-6-20-19(12-18)21(14-23-20)7-9-24(10-8-21)13-17-4-2-15-1-3-16(17)11-15;/h5-6,12,15-17,23H,1-4,7-11,13-14H2;1H. The second-order valence-corrected chi connectivity index (χ2v) is 8.90. The van der Waals surface area contributed by atoms with E-state index in [1.807, 2.05) is 6.07 Å². The topological polar surface area (TPSA) is 15.3 Å². The molecule has 4 aliphatic rings. The van der Waals surface area contributed by atoms with Crippen molar-refractivity contribution in [3.05, 3.63) is 29.6 Å². The summed E-state index contributed by atoms with van der Waals surface area (Å²) in [7, 11) is 0. The lowest BCUT2D eigenvalue weighted by Crippen LogP contribution is -2.46. The van der Waals surface area contributed by atoms with Crippen LogP contribution in [-0.2, 0) is 5.41 Å². The van der Waals surface area contributed by atoms with Gasteiger partial charge in [-0.15, -0.1) is 0 Å². The quantitative estimate of drug-likeness (QED) is 0.848. The van der Waals surface area contributed by atoms with Gasteiger partial charge in [-0.2, -0.15) is 0 Å². The highest BCUT2D eigenvalue weighted by Gasteiger charge is 2.43. The van der Waals surface area contributed by atoms with Crippen LogP contribution in [0.15, 0.2) is 18.2 Å². The Bertz CT molecular complexity index is 626.